The van der Waals surface area contributed by atoms with E-state index in [-0.39, 0.29) is 6.61 Å². The highest BCUT2D eigenvalue weighted by Gasteiger charge is 2.36. The summed E-state index contributed by atoms with van der Waals surface area (Å²) in [5, 5.41) is 13.6. The summed E-state index contributed by atoms with van der Waals surface area (Å²) in [4.78, 5) is 23.7. The molecule has 0 spiro atoms. The van der Waals surface area contributed by atoms with Gasteiger partial charge in [-0.05, 0) is 25.3 Å². The molecule has 0 heterocycles. The first-order chi connectivity index (χ1) is 11.4. The number of carbonyl (C=O) groups excluding carboxylic acids is 1. The number of aliphatic carboxylic acids is 1. The number of benzene rings is 2. The zero-order valence-corrected chi connectivity index (χ0v) is 13.9. The molecule has 2 unspecified atom stereocenters. The van der Waals surface area contributed by atoms with E-state index in [0.717, 1.165) is 10.8 Å². The molecule has 6 nitrogen and oxygen atoms in total. The Morgan fingerprint density at radius 3 is 2.54 bits per heavy atom. The van der Waals surface area contributed by atoms with E-state index in [4.69, 9.17) is 9.47 Å². The predicted octanol–water partition coefficient (Wildman–Crippen LogP) is 2.21. The standard InChI is InChI=1S/C18H21NO5/c1-12(16(20)19-18(2,11-23-3)17(21)22)24-15-10-6-8-13-7-4-5-9-14(13)15/h4-10,12H,11H2,1-3H3,(H,19,20)(H,21,22). The first-order valence-electron chi connectivity index (χ1n) is 7.56. The zero-order chi connectivity index (χ0) is 17.7. The maximum absolute atomic E-state index is 12.3. The Kier molecular flexibility index (Phi) is 5.41. The highest BCUT2D eigenvalue weighted by atomic mass is 16.5. The number of rotatable bonds is 7. The number of fused-ring (bicyclic) bond motifs is 1. The molecule has 0 aliphatic rings. The summed E-state index contributed by atoms with van der Waals surface area (Å²) in [6.07, 6.45) is -0.855. The number of carboxylic acids is 1. The molecule has 0 radical (unpaired) electrons. The molecule has 0 bridgehead atoms. The van der Waals surface area contributed by atoms with E-state index in [2.05, 4.69) is 5.32 Å². The Hall–Kier alpha value is -2.60. The van der Waals surface area contributed by atoms with Crippen LogP contribution in [0.5, 0.6) is 5.75 Å². The van der Waals surface area contributed by atoms with Gasteiger partial charge in [0.15, 0.2) is 11.6 Å². The molecule has 0 aliphatic heterocycles. The van der Waals surface area contributed by atoms with E-state index >= 15 is 0 Å². The fourth-order valence-corrected chi connectivity index (χ4v) is 2.36. The molecule has 2 rings (SSSR count). The largest absolute Gasteiger partial charge is 0.480 e. The number of methoxy groups -OCH3 is 1. The molecule has 2 aromatic rings. The van der Waals surface area contributed by atoms with Gasteiger partial charge in [-0.3, -0.25) is 4.79 Å². The Morgan fingerprint density at radius 1 is 1.21 bits per heavy atom. The molecule has 0 saturated heterocycles. The molecular weight excluding hydrogens is 310 g/mol. The van der Waals surface area contributed by atoms with Gasteiger partial charge in [0.05, 0.1) is 6.61 Å². The average molecular weight is 331 g/mol. The van der Waals surface area contributed by atoms with E-state index in [1.165, 1.54) is 14.0 Å². The molecule has 128 valence electrons. The summed E-state index contributed by atoms with van der Waals surface area (Å²) in [6, 6.07) is 13.2. The van der Waals surface area contributed by atoms with Crippen molar-refractivity contribution in [2.75, 3.05) is 13.7 Å². The highest BCUT2D eigenvalue weighted by Crippen LogP contribution is 2.26. The molecular formula is C18H21NO5. The lowest BCUT2D eigenvalue weighted by atomic mass is 10.0. The summed E-state index contributed by atoms with van der Waals surface area (Å²) in [6.45, 7) is 2.82. The van der Waals surface area contributed by atoms with Gasteiger partial charge in [-0.25, -0.2) is 4.79 Å². The Labute approximate surface area is 140 Å². The van der Waals surface area contributed by atoms with Crippen LogP contribution in [0, 0.1) is 0 Å². The summed E-state index contributed by atoms with van der Waals surface area (Å²) >= 11 is 0. The number of hydrogen-bond acceptors (Lipinski definition) is 4. The van der Waals surface area contributed by atoms with Crippen LogP contribution in [-0.4, -0.2) is 42.3 Å². The van der Waals surface area contributed by atoms with Crippen LogP contribution in [-0.2, 0) is 14.3 Å². The van der Waals surface area contributed by atoms with Crippen LogP contribution in [0.3, 0.4) is 0 Å². The molecule has 24 heavy (non-hydrogen) atoms. The zero-order valence-electron chi connectivity index (χ0n) is 13.9. The van der Waals surface area contributed by atoms with E-state index in [9.17, 15) is 14.7 Å². The fraction of sp³-hybridized carbons (Fsp3) is 0.333. The van der Waals surface area contributed by atoms with Gasteiger partial charge >= 0.3 is 5.97 Å². The Morgan fingerprint density at radius 2 is 1.88 bits per heavy atom. The van der Waals surface area contributed by atoms with Crippen LogP contribution in [0.25, 0.3) is 10.8 Å². The number of carboxylic acid groups (broad SMARTS) is 1. The van der Waals surface area contributed by atoms with Crippen molar-refractivity contribution in [3.8, 4) is 5.75 Å². The van der Waals surface area contributed by atoms with Crippen LogP contribution in [0.15, 0.2) is 42.5 Å². The summed E-state index contributed by atoms with van der Waals surface area (Å²) < 4.78 is 10.6. The third-order valence-corrected chi connectivity index (χ3v) is 3.73. The van der Waals surface area contributed by atoms with Crippen LogP contribution < -0.4 is 10.1 Å². The van der Waals surface area contributed by atoms with E-state index in [0.29, 0.717) is 5.75 Å². The van der Waals surface area contributed by atoms with Crippen LogP contribution >= 0.6 is 0 Å². The smallest absolute Gasteiger partial charge is 0.331 e. The third-order valence-electron chi connectivity index (χ3n) is 3.73. The maximum Gasteiger partial charge on any atom is 0.331 e. The number of ether oxygens (including phenoxy) is 2. The summed E-state index contributed by atoms with van der Waals surface area (Å²) in [5.41, 5.74) is -1.51. The van der Waals surface area contributed by atoms with Crippen molar-refractivity contribution in [3.63, 3.8) is 0 Å². The quantitative estimate of drug-likeness (QED) is 0.812. The number of hydrogen-bond donors (Lipinski definition) is 2. The van der Waals surface area contributed by atoms with Crippen molar-refractivity contribution in [1.29, 1.82) is 0 Å². The minimum atomic E-state index is -1.51. The van der Waals surface area contributed by atoms with Gasteiger partial charge in [0.1, 0.15) is 5.75 Å². The van der Waals surface area contributed by atoms with E-state index in [1.54, 1.807) is 13.0 Å². The lowest BCUT2D eigenvalue weighted by molar-refractivity contribution is -0.150. The van der Waals surface area contributed by atoms with Gasteiger partial charge in [0.25, 0.3) is 5.91 Å². The second-order valence-corrected chi connectivity index (χ2v) is 5.80. The first-order valence-corrected chi connectivity index (χ1v) is 7.56. The van der Waals surface area contributed by atoms with Crippen molar-refractivity contribution in [3.05, 3.63) is 42.5 Å². The molecule has 0 saturated carbocycles. The number of carbonyl (C=O) groups is 2. The minimum absolute atomic E-state index is 0.144. The van der Waals surface area contributed by atoms with Gasteiger partial charge in [0, 0.05) is 12.5 Å². The van der Waals surface area contributed by atoms with Crippen LogP contribution in [0.1, 0.15) is 13.8 Å². The summed E-state index contributed by atoms with van der Waals surface area (Å²) in [5.74, 6) is -1.13. The molecule has 1 amide bonds. The third kappa shape index (κ3) is 3.83. The summed E-state index contributed by atoms with van der Waals surface area (Å²) in [7, 11) is 1.38. The van der Waals surface area contributed by atoms with Crippen molar-refractivity contribution in [2.45, 2.75) is 25.5 Å². The van der Waals surface area contributed by atoms with E-state index < -0.39 is 23.5 Å². The van der Waals surface area contributed by atoms with E-state index in [1.807, 2.05) is 36.4 Å². The molecule has 2 N–H and O–H groups in total. The predicted molar refractivity (Wildman–Crippen MR) is 90.1 cm³/mol. The topological polar surface area (TPSA) is 84.9 Å². The average Bonchev–Trinajstić information content (AvgIpc) is 2.55. The van der Waals surface area contributed by atoms with Crippen molar-refractivity contribution in [1.82, 2.24) is 5.32 Å². The van der Waals surface area contributed by atoms with Crippen LogP contribution in [0.2, 0.25) is 0 Å². The molecule has 0 aromatic heterocycles. The minimum Gasteiger partial charge on any atom is -0.480 e. The SMILES string of the molecule is COCC(C)(NC(=O)C(C)Oc1cccc2ccccc12)C(=O)O. The second kappa shape index (κ2) is 7.31. The number of amides is 1. The molecule has 0 fully saturated rings. The van der Waals surface area contributed by atoms with Crippen molar-refractivity contribution < 1.29 is 24.2 Å². The van der Waals surface area contributed by atoms with Gasteiger partial charge in [-0.15, -0.1) is 0 Å². The highest BCUT2D eigenvalue weighted by molar-refractivity contribution is 5.91. The lowest BCUT2D eigenvalue weighted by Gasteiger charge is -2.27. The first kappa shape index (κ1) is 17.7. The van der Waals surface area contributed by atoms with Gasteiger partial charge in [-0.1, -0.05) is 36.4 Å². The Balaban J connectivity index is 2.15. The molecule has 2 aromatic carbocycles. The fourth-order valence-electron chi connectivity index (χ4n) is 2.36. The van der Waals surface area contributed by atoms with Gasteiger partial charge in [-0.2, -0.15) is 0 Å². The van der Waals surface area contributed by atoms with Gasteiger partial charge < -0.3 is 19.9 Å². The Bertz CT molecular complexity index is 740. The number of nitrogens with one attached hydrogen (secondary N) is 1. The molecule has 6 heteroatoms. The molecule has 0 aliphatic carbocycles. The second-order valence-electron chi connectivity index (χ2n) is 5.80. The van der Waals surface area contributed by atoms with Gasteiger partial charge in [0.2, 0.25) is 0 Å². The van der Waals surface area contributed by atoms with Crippen molar-refractivity contribution in [2.24, 2.45) is 0 Å². The maximum atomic E-state index is 12.3. The van der Waals surface area contributed by atoms with Crippen LogP contribution in [0.4, 0.5) is 0 Å². The van der Waals surface area contributed by atoms with Crippen molar-refractivity contribution >= 4 is 22.6 Å². The lowest BCUT2D eigenvalue weighted by Crippen LogP contribution is -2.57. The normalized spacial score (nSPS) is 14.6. The molecule has 2 atom stereocenters. The monoisotopic (exact) mass is 331 g/mol.